The highest BCUT2D eigenvalue weighted by molar-refractivity contribution is 5.76. The van der Waals surface area contributed by atoms with Gasteiger partial charge in [0.2, 0.25) is 5.91 Å². The summed E-state index contributed by atoms with van der Waals surface area (Å²) in [6.07, 6.45) is 8.96. The molecule has 0 N–H and O–H groups in total. The van der Waals surface area contributed by atoms with Crippen LogP contribution in [0.1, 0.15) is 30.5 Å². The molecule has 1 amide bonds. The molecule has 1 aliphatic rings. The number of piperidine rings is 1. The zero-order valence-corrected chi connectivity index (χ0v) is 18.3. The van der Waals surface area contributed by atoms with Crippen LogP contribution in [0.4, 0.5) is 0 Å². The number of aryl methyl sites for hydroxylation is 2. The van der Waals surface area contributed by atoms with E-state index in [0.717, 1.165) is 61.7 Å². The van der Waals surface area contributed by atoms with Gasteiger partial charge >= 0.3 is 0 Å². The van der Waals surface area contributed by atoms with Crippen molar-refractivity contribution in [3.8, 4) is 17.1 Å². The van der Waals surface area contributed by atoms with Gasteiger partial charge < -0.3 is 14.2 Å². The number of ether oxygens (including phenoxy) is 1. The van der Waals surface area contributed by atoms with E-state index < -0.39 is 0 Å². The minimum absolute atomic E-state index is 0.254. The Labute approximate surface area is 183 Å². The number of methoxy groups -OCH3 is 1. The first kappa shape index (κ1) is 21.1. The number of rotatable bonds is 7. The fourth-order valence-electron chi connectivity index (χ4n) is 4.24. The van der Waals surface area contributed by atoms with Crippen molar-refractivity contribution in [3.63, 3.8) is 0 Å². The third-order valence-electron chi connectivity index (χ3n) is 6.17. The number of hydrogen-bond donors (Lipinski definition) is 0. The predicted molar refractivity (Wildman–Crippen MR) is 121 cm³/mol. The SMILES string of the molecule is COc1ccc(CCC(=O)N2CCC(Cn3c(C)cnc3-c3cccnc3)CC2)cc1. The van der Waals surface area contributed by atoms with Gasteiger partial charge in [-0.05, 0) is 61.9 Å². The number of carbonyl (C=O) groups is 1. The normalized spacial score (nSPS) is 14.6. The van der Waals surface area contributed by atoms with Crippen LogP contribution in [0, 0.1) is 12.8 Å². The lowest BCUT2D eigenvalue weighted by atomic mass is 9.96. The van der Waals surface area contributed by atoms with Gasteiger partial charge in [0, 0.05) is 55.9 Å². The second kappa shape index (κ2) is 9.77. The highest BCUT2D eigenvalue weighted by atomic mass is 16.5. The van der Waals surface area contributed by atoms with Crippen LogP contribution in [-0.4, -0.2) is 45.5 Å². The summed E-state index contributed by atoms with van der Waals surface area (Å²) >= 11 is 0. The van der Waals surface area contributed by atoms with Crippen molar-refractivity contribution in [2.24, 2.45) is 5.92 Å². The first-order valence-electron chi connectivity index (χ1n) is 11.0. The topological polar surface area (TPSA) is 60.2 Å². The Balaban J connectivity index is 1.29. The van der Waals surface area contributed by atoms with Crippen LogP contribution in [0.2, 0.25) is 0 Å². The standard InChI is InChI=1S/C25H30N4O2/c1-19-16-27-25(22-4-3-13-26-17-22)29(19)18-21-11-14-28(15-12-21)24(30)10-7-20-5-8-23(31-2)9-6-20/h3-6,8-9,13,16-17,21H,7,10-12,14-15,18H2,1-2H3. The van der Waals surface area contributed by atoms with Crippen LogP contribution in [0.25, 0.3) is 11.4 Å². The lowest BCUT2D eigenvalue weighted by Gasteiger charge is -2.32. The van der Waals surface area contributed by atoms with Gasteiger partial charge in [-0.3, -0.25) is 9.78 Å². The Bertz CT molecular complexity index is 990. The van der Waals surface area contributed by atoms with Crippen molar-refractivity contribution in [1.82, 2.24) is 19.4 Å². The van der Waals surface area contributed by atoms with Gasteiger partial charge in [0.05, 0.1) is 7.11 Å². The number of imidazole rings is 1. The summed E-state index contributed by atoms with van der Waals surface area (Å²) in [6.45, 7) is 4.71. The fraction of sp³-hybridized carbons (Fsp3) is 0.400. The zero-order valence-electron chi connectivity index (χ0n) is 18.3. The first-order chi connectivity index (χ1) is 15.1. The second-order valence-corrected chi connectivity index (χ2v) is 8.25. The smallest absolute Gasteiger partial charge is 0.222 e. The Kier molecular flexibility index (Phi) is 6.65. The highest BCUT2D eigenvalue weighted by Gasteiger charge is 2.24. The summed E-state index contributed by atoms with van der Waals surface area (Å²) in [4.78, 5) is 23.6. The summed E-state index contributed by atoms with van der Waals surface area (Å²) in [6, 6.07) is 12.0. The average Bonchev–Trinajstić information content (AvgIpc) is 3.19. The number of pyridine rings is 1. The van der Waals surface area contributed by atoms with Gasteiger partial charge in [0.1, 0.15) is 11.6 Å². The molecule has 0 spiro atoms. The van der Waals surface area contributed by atoms with E-state index in [0.29, 0.717) is 12.3 Å². The van der Waals surface area contributed by atoms with E-state index in [2.05, 4.69) is 27.5 Å². The Morgan fingerprint density at radius 3 is 2.58 bits per heavy atom. The molecular weight excluding hydrogens is 388 g/mol. The van der Waals surface area contributed by atoms with Crippen LogP contribution >= 0.6 is 0 Å². The maximum Gasteiger partial charge on any atom is 0.222 e. The van der Waals surface area contributed by atoms with Crippen molar-refractivity contribution in [3.05, 3.63) is 66.2 Å². The molecule has 162 valence electrons. The van der Waals surface area contributed by atoms with E-state index in [1.807, 2.05) is 47.6 Å². The summed E-state index contributed by atoms with van der Waals surface area (Å²) in [7, 11) is 1.66. The lowest BCUT2D eigenvalue weighted by molar-refractivity contribution is -0.132. The van der Waals surface area contributed by atoms with Crippen molar-refractivity contribution in [1.29, 1.82) is 0 Å². The fourth-order valence-corrected chi connectivity index (χ4v) is 4.24. The molecule has 0 radical (unpaired) electrons. The summed E-state index contributed by atoms with van der Waals surface area (Å²) in [5, 5.41) is 0. The van der Waals surface area contributed by atoms with Gasteiger partial charge in [-0.1, -0.05) is 12.1 Å². The third-order valence-corrected chi connectivity index (χ3v) is 6.17. The molecule has 0 aliphatic carbocycles. The zero-order chi connectivity index (χ0) is 21.6. The Morgan fingerprint density at radius 2 is 1.90 bits per heavy atom. The molecule has 0 saturated carbocycles. The summed E-state index contributed by atoms with van der Waals surface area (Å²) < 4.78 is 7.49. The lowest BCUT2D eigenvalue weighted by Crippen LogP contribution is -2.39. The van der Waals surface area contributed by atoms with Crippen LogP contribution in [0.5, 0.6) is 5.75 Å². The molecule has 1 aliphatic heterocycles. The van der Waals surface area contributed by atoms with Crippen LogP contribution in [0.15, 0.2) is 55.0 Å². The molecule has 2 aromatic heterocycles. The van der Waals surface area contributed by atoms with Gasteiger partial charge in [0.25, 0.3) is 0 Å². The molecule has 3 heterocycles. The number of hydrogen-bond acceptors (Lipinski definition) is 4. The molecule has 0 atom stereocenters. The van der Waals surface area contributed by atoms with Crippen LogP contribution < -0.4 is 4.74 Å². The van der Waals surface area contributed by atoms with E-state index >= 15 is 0 Å². The number of carbonyl (C=O) groups excluding carboxylic acids is 1. The predicted octanol–water partition coefficient (Wildman–Crippen LogP) is 4.13. The molecule has 1 saturated heterocycles. The van der Waals surface area contributed by atoms with E-state index in [1.165, 1.54) is 5.56 Å². The number of likely N-dealkylation sites (tertiary alicyclic amines) is 1. The molecule has 31 heavy (non-hydrogen) atoms. The Hall–Kier alpha value is -3.15. The van der Waals surface area contributed by atoms with Crippen molar-refractivity contribution < 1.29 is 9.53 Å². The summed E-state index contributed by atoms with van der Waals surface area (Å²) in [5.74, 6) is 2.62. The quantitative estimate of drug-likeness (QED) is 0.579. The molecule has 6 nitrogen and oxygen atoms in total. The first-order valence-corrected chi connectivity index (χ1v) is 11.0. The van der Waals surface area contributed by atoms with E-state index in [1.54, 1.807) is 13.3 Å². The molecule has 3 aromatic rings. The number of aromatic nitrogens is 3. The molecule has 4 rings (SSSR count). The second-order valence-electron chi connectivity index (χ2n) is 8.25. The van der Waals surface area contributed by atoms with E-state index in [-0.39, 0.29) is 5.91 Å². The minimum Gasteiger partial charge on any atom is -0.497 e. The molecular formula is C25H30N4O2. The number of nitrogens with zero attached hydrogens (tertiary/aromatic N) is 4. The third kappa shape index (κ3) is 5.13. The van der Waals surface area contributed by atoms with Crippen LogP contribution in [0.3, 0.4) is 0 Å². The highest BCUT2D eigenvalue weighted by Crippen LogP contribution is 2.25. The molecule has 6 heteroatoms. The molecule has 0 unspecified atom stereocenters. The van der Waals surface area contributed by atoms with Gasteiger partial charge in [-0.15, -0.1) is 0 Å². The average molecular weight is 419 g/mol. The van der Waals surface area contributed by atoms with Crippen molar-refractivity contribution in [2.75, 3.05) is 20.2 Å². The van der Waals surface area contributed by atoms with Crippen molar-refractivity contribution >= 4 is 5.91 Å². The monoisotopic (exact) mass is 418 g/mol. The Morgan fingerprint density at radius 1 is 1.13 bits per heavy atom. The number of benzene rings is 1. The van der Waals surface area contributed by atoms with Gasteiger partial charge in [-0.25, -0.2) is 4.98 Å². The molecule has 0 bridgehead atoms. The van der Waals surface area contributed by atoms with Gasteiger partial charge in [0.15, 0.2) is 0 Å². The largest absolute Gasteiger partial charge is 0.497 e. The minimum atomic E-state index is 0.254. The van der Waals surface area contributed by atoms with Crippen LogP contribution in [-0.2, 0) is 17.8 Å². The van der Waals surface area contributed by atoms with E-state index in [4.69, 9.17) is 4.74 Å². The van der Waals surface area contributed by atoms with Crippen molar-refractivity contribution in [2.45, 2.75) is 39.2 Å². The maximum absolute atomic E-state index is 12.7. The van der Waals surface area contributed by atoms with Gasteiger partial charge in [-0.2, -0.15) is 0 Å². The van der Waals surface area contributed by atoms with E-state index in [9.17, 15) is 4.79 Å². The maximum atomic E-state index is 12.7. The number of amides is 1. The summed E-state index contributed by atoms with van der Waals surface area (Å²) in [5.41, 5.74) is 3.38. The molecule has 1 aromatic carbocycles. The molecule has 1 fully saturated rings.